The summed E-state index contributed by atoms with van der Waals surface area (Å²) in [4.78, 5) is 46.2. The van der Waals surface area contributed by atoms with Crippen LogP contribution in [-0.2, 0) is 20.8 Å². The Morgan fingerprint density at radius 3 is 2.78 bits per heavy atom. The summed E-state index contributed by atoms with van der Waals surface area (Å²) in [6, 6.07) is 10.3. The number of nitrogens with one attached hydrogen (secondary N) is 1. The van der Waals surface area contributed by atoms with E-state index in [0.29, 0.717) is 9.93 Å². The van der Waals surface area contributed by atoms with E-state index in [4.69, 9.17) is 0 Å². The van der Waals surface area contributed by atoms with Crippen molar-refractivity contribution in [3.8, 4) is 6.07 Å². The van der Waals surface area contributed by atoms with Crippen molar-refractivity contribution < 1.29 is 49.0 Å². The smallest absolute Gasteiger partial charge is 0.543 e. The van der Waals surface area contributed by atoms with Crippen LogP contribution < -0.4 is 40.0 Å². The number of amides is 2. The van der Waals surface area contributed by atoms with Crippen LogP contribution in [0.4, 0.5) is 0 Å². The second-order valence-corrected chi connectivity index (χ2v) is 8.82. The molecule has 9 nitrogen and oxygen atoms in total. The summed E-state index contributed by atoms with van der Waals surface area (Å²) < 4.78 is 0. The summed E-state index contributed by atoms with van der Waals surface area (Å²) in [5.74, 6) is -2.06. The maximum atomic E-state index is 12.7. The molecule has 2 aliphatic heterocycles. The average molecular weight is 475 g/mol. The van der Waals surface area contributed by atoms with E-state index in [1.54, 1.807) is 0 Å². The Morgan fingerprint density at radius 2 is 2.09 bits per heavy atom. The number of fused-ring (bicyclic) bond motifs is 1. The monoisotopic (exact) mass is 475 g/mol. The third kappa shape index (κ3) is 4.84. The van der Waals surface area contributed by atoms with E-state index in [1.165, 1.54) is 24.3 Å². The van der Waals surface area contributed by atoms with Crippen LogP contribution in [0, 0.1) is 11.3 Å². The Balaban J connectivity index is 0.00000289. The number of rotatable bonds is 6. The van der Waals surface area contributed by atoms with Crippen molar-refractivity contribution in [1.29, 1.82) is 5.26 Å². The molecule has 32 heavy (non-hydrogen) atoms. The number of hydrogen-bond donors (Lipinski definition) is 1. The van der Waals surface area contributed by atoms with Crippen molar-refractivity contribution in [3.05, 3.63) is 64.6 Å². The third-order valence-electron chi connectivity index (χ3n) is 4.67. The second kappa shape index (κ2) is 10.5. The van der Waals surface area contributed by atoms with E-state index in [9.17, 15) is 24.8 Å². The van der Waals surface area contributed by atoms with Gasteiger partial charge in [-0.25, -0.2) is 9.97 Å². The Bertz CT molecular complexity index is 1140. The minimum absolute atomic E-state index is 0. The number of hydrogen-bond acceptors (Lipinski definition) is 9. The summed E-state index contributed by atoms with van der Waals surface area (Å²) >= 11 is 2.32. The number of carbonyl (C=O) groups is 3. The van der Waals surface area contributed by atoms with E-state index >= 15 is 0 Å². The Kier molecular flexibility index (Phi) is 7.97. The molecular formula is C20H14N5NaO4S2. The van der Waals surface area contributed by atoms with Gasteiger partial charge in [0.25, 0.3) is 5.91 Å². The van der Waals surface area contributed by atoms with Crippen LogP contribution in [-0.4, -0.2) is 49.8 Å². The molecule has 0 aliphatic carbocycles. The molecule has 1 unspecified atom stereocenters. The number of carbonyl (C=O) groups excluding carboxylic acids is 3. The zero-order valence-electron chi connectivity index (χ0n) is 16.8. The second-order valence-electron chi connectivity index (χ2n) is 6.63. The van der Waals surface area contributed by atoms with Gasteiger partial charge in [0, 0.05) is 16.9 Å². The average Bonchev–Trinajstić information content (AvgIpc) is 2.78. The summed E-state index contributed by atoms with van der Waals surface area (Å²) in [6.45, 7) is 0. The van der Waals surface area contributed by atoms with Crippen molar-refractivity contribution in [2.75, 3.05) is 5.75 Å². The van der Waals surface area contributed by atoms with Gasteiger partial charge < -0.3 is 15.2 Å². The number of nitriles is 1. The molecule has 2 amide bonds. The minimum atomic E-state index is -1.50. The van der Waals surface area contributed by atoms with Gasteiger partial charge in [-0.3, -0.25) is 14.5 Å². The van der Waals surface area contributed by atoms with Gasteiger partial charge in [-0.05, 0) is 5.56 Å². The van der Waals surface area contributed by atoms with E-state index in [1.807, 2.05) is 36.4 Å². The zero-order chi connectivity index (χ0) is 22.0. The molecule has 1 N–H and O–H groups in total. The third-order valence-corrected chi connectivity index (χ3v) is 7.23. The van der Waals surface area contributed by atoms with Gasteiger partial charge in [0.05, 0.1) is 18.1 Å². The Morgan fingerprint density at radius 1 is 1.34 bits per heavy atom. The molecule has 1 aromatic carbocycles. The maximum Gasteiger partial charge on any atom is 1.00 e. The number of benzene rings is 1. The van der Waals surface area contributed by atoms with Crippen molar-refractivity contribution in [3.63, 3.8) is 0 Å². The van der Waals surface area contributed by atoms with Gasteiger partial charge in [-0.15, -0.1) is 11.8 Å². The van der Waals surface area contributed by atoms with Crippen LogP contribution in [0.15, 0.2) is 58.5 Å². The van der Waals surface area contributed by atoms with Crippen molar-refractivity contribution in [1.82, 2.24) is 20.2 Å². The van der Waals surface area contributed by atoms with Crippen molar-refractivity contribution in [2.24, 2.45) is 0 Å². The normalized spacial score (nSPS) is 19.2. The quantitative estimate of drug-likeness (QED) is 0.264. The molecule has 156 valence electrons. The molecule has 1 saturated heterocycles. The SMILES string of the molecule is N#Cc1cncnc1SC1=C(C(=O)[O-])N2C(=O)C(NC(=O)Cc3ccccc3)[C@H]2SC1.[Na+]. The molecule has 2 aliphatic rings. The van der Waals surface area contributed by atoms with Gasteiger partial charge in [0.2, 0.25) is 5.91 Å². The summed E-state index contributed by atoms with van der Waals surface area (Å²) in [7, 11) is 0. The Labute approximate surface area is 214 Å². The molecule has 3 heterocycles. The molecule has 0 bridgehead atoms. The van der Waals surface area contributed by atoms with Crippen LogP contribution >= 0.6 is 23.5 Å². The van der Waals surface area contributed by atoms with Gasteiger partial charge >= 0.3 is 29.6 Å². The van der Waals surface area contributed by atoms with Crippen LogP contribution in [0.1, 0.15) is 11.1 Å². The number of aliphatic carboxylic acids is 1. The van der Waals surface area contributed by atoms with E-state index in [2.05, 4.69) is 15.3 Å². The number of nitrogens with zero attached hydrogens (tertiary/aromatic N) is 4. The standard InChI is InChI=1S/C20H15N5O4S2.Na/c21-7-12-8-22-10-23-17(12)31-13-9-30-19-15(18(27)25(19)16(13)20(28)29)24-14(26)6-11-4-2-1-3-5-11;/h1-5,8,10,15,19H,6,9H2,(H,24,26)(H,28,29);/q;+1/p-1/t15?,19-;/m1./s1. The summed E-state index contributed by atoms with van der Waals surface area (Å²) in [5.41, 5.74) is 0.757. The van der Waals surface area contributed by atoms with Gasteiger partial charge in [0.1, 0.15) is 34.4 Å². The molecule has 1 aromatic heterocycles. The molecule has 12 heteroatoms. The minimum Gasteiger partial charge on any atom is -0.543 e. The maximum absolute atomic E-state index is 12.7. The number of thioether (sulfide) groups is 2. The number of carboxylic acids is 1. The van der Waals surface area contributed by atoms with Crippen molar-refractivity contribution >= 4 is 41.3 Å². The molecule has 0 spiro atoms. The first kappa shape index (κ1) is 24.3. The van der Waals surface area contributed by atoms with Gasteiger partial charge in [-0.2, -0.15) is 5.26 Å². The molecular weight excluding hydrogens is 461 g/mol. The van der Waals surface area contributed by atoms with Crippen LogP contribution in [0.3, 0.4) is 0 Å². The van der Waals surface area contributed by atoms with E-state index in [-0.39, 0.29) is 58.9 Å². The molecule has 0 saturated carbocycles. The Hall–Kier alpha value is -2.36. The first-order valence-electron chi connectivity index (χ1n) is 9.10. The van der Waals surface area contributed by atoms with E-state index < -0.39 is 23.3 Å². The zero-order valence-corrected chi connectivity index (χ0v) is 20.5. The van der Waals surface area contributed by atoms with Crippen LogP contribution in [0.25, 0.3) is 0 Å². The van der Waals surface area contributed by atoms with Crippen LogP contribution in [0.2, 0.25) is 0 Å². The topological polar surface area (TPSA) is 139 Å². The van der Waals surface area contributed by atoms with Gasteiger partial charge in [-0.1, -0.05) is 42.1 Å². The molecule has 1 fully saturated rings. The van der Waals surface area contributed by atoms with Crippen molar-refractivity contribution in [2.45, 2.75) is 22.9 Å². The fourth-order valence-corrected chi connectivity index (χ4v) is 5.71. The first-order valence-corrected chi connectivity index (χ1v) is 11.0. The predicted molar refractivity (Wildman–Crippen MR) is 110 cm³/mol. The summed E-state index contributed by atoms with van der Waals surface area (Å²) in [5, 5.41) is 23.5. The molecule has 2 atom stereocenters. The number of β-lactam (4-membered cyclic amide) rings is 1. The predicted octanol–water partition coefficient (Wildman–Crippen LogP) is -2.95. The number of carboxylic acid groups (broad SMARTS) is 1. The molecule has 2 aromatic rings. The fraction of sp³-hybridized carbons (Fsp3) is 0.200. The van der Waals surface area contributed by atoms with Gasteiger partial charge in [0.15, 0.2) is 0 Å². The fourth-order valence-electron chi connectivity index (χ4n) is 3.26. The molecule has 4 rings (SSSR count). The summed E-state index contributed by atoms with van der Waals surface area (Å²) in [6.07, 6.45) is 2.71. The van der Waals surface area contributed by atoms with E-state index in [0.717, 1.165) is 22.2 Å². The largest absolute Gasteiger partial charge is 1.00 e. The molecule has 0 radical (unpaired) electrons. The first-order chi connectivity index (χ1) is 15.0. The van der Waals surface area contributed by atoms with Crippen LogP contribution in [0.5, 0.6) is 0 Å². The number of aromatic nitrogens is 2.